The van der Waals surface area contributed by atoms with Crippen molar-refractivity contribution in [1.29, 1.82) is 0 Å². The quantitative estimate of drug-likeness (QED) is 0.873. The zero-order valence-electron chi connectivity index (χ0n) is 11.3. The van der Waals surface area contributed by atoms with Crippen LogP contribution >= 0.6 is 0 Å². The number of imide groups is 1. The van der Waals surface area contributed by atoms with Crippen molar-refractivity contribution < 1.29 is 27.5 Å². The second kappa shape index (κ2) is 5.27. The average molecular weight is 302 g/mol. The van der Waals surface area contributed by atoms with Crippen LogP contribution in [0.2, 0.25) is 0 Å². The van der Waals surface area contributed by atoms with Gasteiger partial charge < -0.3 is 10.1 Å². The molecule has 0 unspecified atom stereocenters. The van der Waals surface area contributed by atoms with Gasteiger partial charge >= 0.3 is 12.2 Å². The molecule has 0 aliphatic carbocycles. The molecule has 0 saturated carbocycles. The maximum absolute atomic E-state index is 12.8. The fraction of sp³-hybridized carbons (Fsp3) is 0.385. The summed E-state index contributed by atoms with van der Waals surface area (Å²) >= 11 is 0. The summed E-state index contributed by atoms with van der Waals surface area (Å²) in [6.45, 7) is 1.69. The molecule has 0 aromatic heterocycles. The molecule has 8 heteroatoms. The predicted molar refractivity (Wildman–Crippen MR) is 68.1 cm³/mol. The summed E-state index contributed by atoms with van der Waals surface area (Å²) in [5, 5.41) is 2.41. The van der Waals surface area contributed by atoms with Gasteiger partial charge in [0.15, 0.2) is 0 Å². The van der Waals surface area contributed by atoms with Gasteiger partial charge in [-0.3, -0.25) is 4.79 Å². The van der Waals surface area contributed by atoms with Crippen molar-refractivity contribution in [1.82, 2.24) is 5.32 Å². The van der Waals surface area contributed by atoms with Crippen LogP contribution in [0.25, 0.3) is 0 Å². The minimum Gasteiger partial charge on any atom is -0.497 e. The summed E-state index contributed by atoms with van der Waals surface area (Å²) in [6.07, 6.45) is -4.25. The molecule has 0 bridgehead atoms. The minimum atomic E-state index is -4.60. The first-order chi connectivity index (χ1) is 9.77. The van der Waals surface area contributed by atoms with E-state index in [0.29, 0.717) is 11.3 Å². The standard InChI is InChI=1S/C13H13F3N2O3/c1-3-10-11(19)18(12(20)17-10)8-4-7(13(14,15)16)5-9(6-8)21-2/h4-6,10H,3H2,1-2H3,(H,17,20)/t10-/m0/s1. The van der Waals surface area contributed by atoms with Crippen molar-refractivity contribution in [3.05, 3.63) is 23.8 Å². The lowest BCUT2D eigenvalue weighted by atomic mass is 10.1. The fourth-order valence-electron chi connectivity index (χ4n) is 2.05. The lowest BCUT2D eigenvalue weighted by molar-refractivity contribution is -0.137. The highest BCUT2D eigenvalue weighted by Gasteiger charge is 2.39. The Kier molecular flexibility index (Phi) is 3.80. The molecular formula is C13H13F3N2O3. The Morgan fingerprint density at radius 3 is 2.43 bits per heavy atom. The van der Waals surface area contributed by atoms with Gasteiger partial charge in [-0.1, -0.05) is 6.92 Å². The predicted octanol–water partition coefficient (Wildman–Crippen LogP) is 2.55. The highest BCUT2D eigenvalue weighted by atomic mass is 19.4. The van der Waals surface area contributed by atoms with E-state index in [2.05, 4.69) is 5.32 Å². The number of rotatable bonds is 3. The molecule has 0 spiro atoms. The second-order valence-corrected chi connectivity index (χ2v) is 4.50. The normalized spacial score (nSPS) is 18.9. The van der Waals surface area contributed by atoms with Gasteiger partial charge in [0, 0.05) is 6.07 Å². The van der Waals surface area contributed by atoms with Gasteiger partial charge in [-0.15, -0.1) is 0 Å². The third kappa shape index (κ3) is 2.79. The van der Waals surface area contributed by atoms with E-state index in [4.69, 9.17) is 4.74 Å². The van der Waals surface area contributed by atoms with Crippen LogP contribution in [-0.4, -0.2) is 25.1 Å². The van der Waals surface area contributed by atoms with Crippen molar-refractivity contribution in [2.75, 3.05) is 12.0 Å². The number of methoxy groups -OCH3 is 1. The Morgan fingerprint density at radius 2 is 1.95 bits per heavy atom. The molecule has 3 amide bonds. The summed E-state index contributed by atoms with van der Waals surface area (Å²) in [5.41, 5.74) is -1.16. The van der Waals surface area contributed by atoms with Crippen molar-refractivity contribution >= 4 is 17.6 Å². The zero-order valence-corrected chi connectivity index (χ0v) is 11.3. The molecular weight excluding hydrogens is 289 g/mol. The number of carbonyl (C=O) groups excluding carboxylic acids is 2. The van der Waals surface area contributed by atoms with Crippen molar-refractivity contribution in [3.8, 4) is 5.75 Å². The largest absolute Gasteiger partial charge is 0.497 e. The molecule has 5 nitrogen and oxygen atoms in total. The van der Waals surface area contributed by atoms with E-state index in [0.717, 1.165) is 12.1 Å². The molecule has 2 rings (SSSR count). The molecule has 1 aliphatic heterocycles. The first-order valence-corrected chi connectivity index (χ1v) is 6.18. The summed E-state index contributed by atoms with van der Waals surface area (Å²) in [5.74, 6) is -0.663. The summed E-state index contributed by atoms with van der Waals surface area (Å²) in [7, 11) is 1.21. The SMILES string of the molecule is CC[C@@H]1NC(=O)N(c2cc(OC)cc(C(F)(F)F)c2)C1=O. The molecule has 1 saturated heterocycles. The Morgan fingerprint density at radius 1 is 1.29 bits per heavy atom. The summed E-state index contributed by atoms with van der Waals surface area (Å²) < 4.78 is 43.4. The Bertz CT molecular complexity index is 587. The van der Waals surface area contributed by atoms with Gasteiger partial charge in [-0.05, 0) is 18.6 Å². The molecule has 1 fully saturated rings. The molecule has 1 N–H and O–H groups in total. The molecule has 1 aliphatic rings. The highest BCUT2D eigenvalue weighted by Crippen LogP contribution is 2.36. The third-order valence-corrected chi connectivity index (χ3v) is 3.14. The molecule has 1 aromatic carbocycles. The Hall–Kier alpha value is -2.25. The van der Waals surface area contributed by atoms with Gasteiger partial charge in [0.25, 0.3) is 5.91 Å². The lowest BCUT2D eigenvalue weighted by Crippen LogP contribution is -2.31. The number of nitrogens with zero attached hydrogens (tertiary/aromatic N) is 1. The Balaban J connectivity index is 2.49. The number of hydrogen-bond acceptors (Lipinski definition) is 3. The smallest absolute Gasteiger partial charge is 0.416 e. The average Bonchev–Trinajstić information content (AvgIpc) is 2.71. The van der Waals surface area contributed by atoms with Gasteiger partial charge in [-0.25, -0.2) is 9.69 Å². The number of halogens is 3. The van der Waals surface area contributed by atoms with Crippen LogP contribution in [0.4, 0.5) is 23.7 Å². The maximum atomic E-state index is 12.8. The number of nitrogens with one attached hydrogen (secondary N) is 1. The number of hydrogen-bond donors (Lipinski definition) is 1. The van der Waals surface area contributed by atoms with Crippen LogP contribution in [0.5, 0.6) is 5.75 Å². The Labute approximate surface area is 118 Å². The first kappa shape index (κ1) is 15.1. The zero-order chi connectivity index (χ0) is 15.8. The second-order valence-electron chi connectivity index (χ2n) is 4.50. The number of amides is 3. The number of ether oxygens (including phenoxy) is 1. The topological polar surface area (TPSA) is 58.6 Å². The molecule has 1 heterocycles. The monoisotopic (exact) mass is 302 g/mol. The van der Waals surface area contributed by atoms with Gasteiger partial charge in [-0.2, -0.15) is 13.2 Å². The van der Waals surface area contributed by atoms with Gasteiger partial charge in [0.05, 0.1) is 18.4 Å². The highest BCUT2D eigenvalue weighted by molar-refractivity contribution is 6.21. The van der Waals surface area contributed by atoms with E-state index >= 15 is 0 Å². The third-order valence-electron chi connectivity index (χ3n) is 3.14. The lowest BCUT2D eigenvalue weighted by Gasteiger charge is -2.17. The van der Waals surface area contributed by atoms with Crippen molar-refractivity contribution in [3.63, 3.8) is 0 Å². The van der Waals surface area contributed by atoms with E-state index in [9.17, 15) is 22.8 Å². The minimum absolute atomic E-state index is 0.0830. The van der Waals surface area contributed by atoms with Crippen LogP contribution in [0, 0.1) is 0 Å². The van der Waals surface area contributed by atoms with Crippen LogP contribution in [-0.2, 0) is 11.0 Å². The van der Waals surface area contributed by atoms with E-state index in [1.165, 1.54) is 13.2 Å². The first-order valence-electron chi connectivity index (χ1n) is 6.18. The van der Waals surface area contributed by atoms with Gasteiger partial charge in [0.2, 0.25) is 0 Å². The molecule has 1 atom stereocenters. The van der Waals surface area contributed by atoms with Gasteiger partial charge in [0.1, 0.15) is 11.8 Å². The maximum Gasteiger partial charge on any atom is 0.416 e. The summed E-state index contributed by atoms with van der Waals surface area (Å²) in [4.78, 5) is 24.5. The fourth-order valence-corrected chi connectivity index (χ4v) is 2.05. The molecule has 21 heavy (non-hydrogen) atoms. The van der Waals surface area contributed by atoms with Crippen LogP contribution in [0.1, 0.15) is 18.9 Å². The van der Waals surface area contributed by atoms with E-state index < -0.39 is 29.7 Å². The van der Waals surface area contributed by atoms with Crippen LogP contribution in [0.15, 0.2) is 18.2 Å². The van der Waals surface area contributed by atoms with E-state index in [-0.39, 0.29) is 11.4 Å². The molecule has 114 valence electrons. The molecule has 1 aromatic rings. The molecule has 0 radical (unpaired) electrons. The van der Waals surface area contributed by atoms with Crippen LogP contribution in [0.3, 0.4) is 0 Å². The number of anilines is 1. The van der Waals surface area contributed by atoms with E-state index in [1.807, 2.05) is 0 Å². The number of urea groups is 1. The summed E-state index contributed by atoms with van der Waals surface area (Å²) in [6, 6.07) is 1.30. The number of alkyl halides is 3. The number of carbonyl (C=O) groups is 2. The van der Waals surface area contributed by atoms with Crippen LogP contribution < -0.4 is 15.0 Å². The van der Waals surface area contributed by atoms with Crippen molar-refractivity contribution in [2.24, 2.45) is 0 Å². The number of benzene rings is 1. The van der Waals surface area contributed by atoms with Crippen molar-refractivity contribution in [2.45, 2.75) is 25.6 Å². The van der Waals surface area contributed by atoms with E-state index in [1.54, 1.807) is 6.92 Å².